The second-order valence-electron chi connectivity index (χ2n) is 5.27. The Morgan fingerprint density at radius 3 is 2.50 bits per heavy atom. The number of carbonyl (C=O) groups excluding carboxylic acids is 2. The van der Waals surface area contributed by atoms with Gasteiger partial charge in [0.1, 0.15) is 5.75 Å². The zero-order valence-electron chi connectivity index (χ0n) is 13.7. The van der Waals surface area contributed by atoms with E-state index in [9.17, 15) is 19.7 Å². The van der Waals surface area contributed by atoms with E-state index in [-0.39, 0.29) is 10.6 Å². The van der Waals surface area contributed by atoms with Crippen molar-refractivity contribution < 1.29 is 19.2 Å². The van der Waals surface area contributed by atoms with Crippen LogP contribution in [-0.4, -0.2) is 22.7 Å². The molecule has 26 heavy (non-hydrogen) atoms. The Morgan fingerprint density at radius 2 is 1.85 bits per heavy atom. The van der Waals surface area contributed by atoms with Crippen molar-refractivity contribution >= 4 is 40.4 Å². The smallest absolute Gasteiger partial charge is 0.298 e. The third kappa shape index (κ3) is 3.45. The van der Waals surface area contributed by atoms with Crippen LogP contribution in [0.3, 0.4) is 0 Å². The maximum absolute atomic E-state index is 12.7. The second kappa shape index (κ2) is 7.40. The third-order valence-electron chi connectivity index (χ3n) is 3.60. The maximum Gasteiger partial charge on any atom is 0.298 e. The Balaban J connectivity index is 1.91. The van der Waals surface area contributed by atoms with Crippen LogP contribution in [0.25, 0.3) is 6.08 Å². The summed E-state index contributed by atoms with van der Waals surface area (Å²) in [6.45, 7) is 2.23. The molecule has 1 saturated heterocycles. The lowest BCUT2D eigenvalue weighted by atomic mass is 10.2. The molecular weight excluding hydrogens is 356 g/mol. The molecule has 132 valence electrons. The van der Waals surface area contributed by atoms with E-state index in [1.54, 1.807) is 24.3 Å². The number of anilines is 1. The monoisotopic (exact) mass is 370 g/mol. The van der Waals surface area contributed by atoms with Gasteiger partial charge in [-0.05, 0) is 54.6 Å². The molecule has 0 spiro atoms. The van der Waals surface area contributed by atoms with Gasteiger partial charge in [-0.25, -0.2) is 4.90 Å². The molecule has 0 aromatic heterocycles. The van der Waals surface area contributed by atoms with Crippen molar-refractivity contribution in [2.24, 2.45) is 0 Å². The van der Waals surface area contributed by atoms with E-state index in [1.807, 2.05) is 6.92 Å². The first kappa shape index (κ1) is 17.7. The van der Waals surface area contributed by atoms with E-state index < -0.39 is 16.1 Å². The number of hydrogen-bond acceptors (Lipinski definition) is 6. The van der Waals surface area contributed by atoms with Gasteiger partial charge in [0.25, 0.3) is 16.8 Å². The summed E-state index contributed by atoms with van der Waals surface area (Å²) in [7, 11) is 0. The van der Waals surface area contributed by atoms with Crippen molar-refractivity contribution in [3.05, 3.63) is 69.1 Å². The maximum atomic E-state index is 12.7. The second-order valence-corrected chi connectivity index (χ2v) is 6.26. The molecule has 0 aliphatic carbocycles. The largest absolute Gasteiger partial charge is 0.492 e. The summed E-state index contributed by atoms with van der Waals surface area (Å²) in [5, 5.41) is 10.3. The van der Waals surface area contributed by atoms with Gasteiger partial charge in [-0.2, -0.15) is 0 Å². The molecule has 7 nitrogen and oxygen atoms in total. The number of nitro benzene ring substituents is 1. The Labute approximate surface area is 153 Å². The Morgan fingerprint density at radius 1 is 1.15 bits per heavy atom. The van der Waals surface area contributed by atoms with E-state index in [0.717, 1.165) is 16.7 Å². The first-order valence-electron chi connectivity index (χ1n) is 7.75. The summed E-state index contributed by atoms with van der Waals surface area (Å²) >= 11 is 0.818. The number of hydrogen-bond donors (Lipinski definition) is 0. The van der Waals surface area contributed by atoms with E-state index in [1.165, 1.54) is 30.3 Å². The molecule has 0 bridgehead atoms. The highest BCUT2D eigenvalue weighted by Crippen LogP contribution is 2.39. The van der Waals surface area contributed by atoms with Crippen molar-refractivity contribution in [3.63, 3.8) is 0 Å². The van der Waals surface area contributed by atoms with Gasteiger partial charge >= 0.3 is 0 Å². The van der Waals surface area contributed by atoms with Crippen LogP contribution in [0, 0.1) is 10.1 Å². The molecule has 1 aliphatic rings. The zero-order valence-corrected chi connectivity index (χ0v) is 14.6. The molecule has 8 heteroatoms. The molecule has 0 radical (unpaired) electrons. The molecular formula is C18H14N2O5S. The Hall–Kier alpha value is -3.13. The minimum Gasteiger partial charge on any atom is -0.492 e. The molecule has 0 unspecified atom stereocenters. The molecule has 1 heterocycles. The highest BCUT2D eigenvalue weighted by atomic mass is 32.2. The average molecular weight is 370 g/mol. The summed E-state index contributed by atoms with van der Waals surface area (Å²) in [6, 6.07) is 12.6. The van der Waals surface area contributed by atoms with Crippen LogP contribution in [0.5, 0.6) is 5.75 Å². The van der Waals surface area contributed by atoms with Crippen LogP contribution in [0.2, 0.25) is 0 Å². The number of carbonyl (C=O) groups is 2. The van der Waals surface area contributed by atoms with Crippen molar-refractivity contribution in [1.82, 2.24) is 0 Å². The van der Waals surface area contributed by atoms with Gasteiger partial charge in [-0.3, -0.25) is 19.7 Å². The van der Waals surface area contributed by atoms with E-state index in [0.29, 0.717) is 23.6 Å². The quantitative estimate of drug-likeness (QED) is 0.444. The number of para-hydroxylation sites is 2. The van der Waals surface area contributed by atoms with Crippen molar-refractivity contribution in [1.29, 1.82) is 0 Å². The number of rotatable bonds is 5. The molecule has 1 fully saturated rings. The molecule has 2 amide bonds. The molecule has 0 saturated carbocycles. The number of nitro groups is 1. The fraction of sp³-hybridized carbons (Fsp3) is 0.111. The topological polar surface area (TPSA) is 89.8 Å². The summed E-state index contributed by atoms with van der Waals surface area (Å²) in [6.07, 6.45) is 1.54. The van der Waals surface area contributed by atoms with Crippen LogP contribution < -0.4 is 9.64 Å². The number of amides is 2. The predicted molar refractivity (Wildman–Crippen MR) is 99.2 cm³/mol. The minimum absolute atomic E-state index is 0.0408. The van der Waals surface area contributed by atoms with Crippen LogP contribution in [0.1, 0.15) is 12.5 Å². The highest BCUT2D eigenvalue weighted by molar-refractivity contribution is 8.19. The van der Waals surface area contributed by atoms with Gasteiger partial charge in [0.05, 0.1) is 22.1 Å². The van der Waals surface area contributed by atoms with Crippen LogP contribution in [0.4, 0.5) is 16.2 Å². The molecule has 3 rings (SSSR count). The molecule has 2 aromatic rings. The van der Waals surface area contributed by atoms with E-state index in [2.05, 4.69) is 0 Å². The zero-order chi connectivity index (χ0) is 18.7. The van der Waals surface area contributed by atoms with Crippen molar-refractivity contribution in [2.75, 3.05) is 11.5 Å². The Kier molecular flexibility index (Phi) is 5.04. The fourth-order valence-electron chi connectivity index (χ4n) is 2.44. The number of ether oxygens (including phenoxy) is 1. The number of nitrogens with zero attached hydrogens (tertiary/aromatic N) is 2. The minimum atomic E-state index is -0.498. The summed E-state index contributed by atoms with van der Waals surface area (Å²) < 4.78 is 5.50. The van der Waals surface area contributed by atoms with E-state index >= 15 is 0 Å². The summed E-state index contributed by atoms with van der Waals surface area (Å²) in [5.41, 5.74) is 0.948. The lowest BCUT2D eigenvalue weighted by molar-refractivity contribution is -0.384. The molecule has 1 aliphatic heterocycles. The number of benzene rings is 2. The fourth-order valence-corrected chi connectivity index (χ4v) is 3.27. The lowest BCUT2D eigenvalue weighted by Crippen LogP contribution is -2.28. The summed E-state index contributed by atoms with van der Waals surface area (Å²) in [4.78, 5) is 36.6. The van der Waals surface area contributed by atoms with Gasteiger partial charge in [0, 0.05) is 12.1 Å². The van der Waals surface area contributed by atoms with Gasteiger partial charge < -0.3 is 4.74 Å². The molecule has 0 atom stereocenters. The predicted octanol–water partition coefficient (Wildman–Crippen LogP) is 4.23. The van der Waals surface area contributed by atoms with Crippen molar-refractivity contribution in [2.45, 2.75) is 6.92 Å². The third-order valence-corrected chi connectivity index (χ3v) is 4.47. The van der Waals surface area contributed by atoms with Crippen LogP contribution in [0.15, 0.2) is 53.4 Å². The van der Waals surface area contributed by atoms with Crippen LogP contribution in [-0.2, 0) is 4.79 Å². The summed E-state index contributed by atoms with van der Waals surface area (Å²) in [5.74, 6) is -0.000563. The first-order valence-corrected chi connectivity index (χ1v) is 8.57. The molecule has 2 aromatic carbocycles. The van der Waals surface area contributed by atoms with Gasteiger partial charge in [0.15, 0.2) is 0 Å². The number of imide groups is 1. The van der Waals surface area contributed by atoms with Gasteiger partial charge in [0.2, 0.25) is 0 Å². The van der Waals surface area contributed by atoms with E-state index in [4.69, 9.17) is 4.74 Å². The van der Waals surface area contributed by atoms with Gasteiger partial charge in [-0.15, -0.1) is 0 Å². The first-order chi connectivity index (χ1) is 12.5. The lowest BCUT2D eigenvalue weighted by Gasteiger charge is -2.16. The SMILES string of the molecule is CCOc1ccccc1N1C(=O)S/C(=C\c2ccc([N+](=O)[O-])cc2)C1=O. The van der Waals surface area contributed by atoms with Gasteiger partial charge in [-0.1, -0.05) is 12.1 Å². The average Bonchev–Trinajstić information content (AvgIpc) is 2.90. The molecule has 0 N–H and O–H groups in total. The highest BCUT2D eigenvalue weighted by Gasteiger charge is 2.37. The normalized spacial score (nSPS) is 15.6. The van der Waals surface area contributed by atoms with Crippen molar-refractivity contribution in [3.8, 4) is 5.75 Å². The number of non-ortho nitro benzene ring substituents is 1. The Bertz CT molecular complexity index is 908. The standard InChI is InChI=1S/C18H14N2O5S/c1-2-25-15-6-4-3-5-14(15)19-17(21)16(26-18(19)22)11-12-7-9-13(10-8-12)20(23)24/h3-11H,2H2,1H3/b16-11-. The van der Waals surface area contributed by atoms with Crippen LogP contribution >= 0.6 is 11.8 Å². The number of thioether (sulfide) groups is 1.